The predicted molar refractivity (Wildman–Crippen MR) is 92.1 cm³/mol. The number of fused-ring (bicyclic) bond motifs is 1. The quantitative estimate of drug-likeness (QED) is 0.712. The molecule has 0 fully saturated rings. The highest BCUT2D eigenvalue weighted by molar-refractivity contribution is 7.92. The van der Waals surface area contributed by atoms with Crippen LogP contribution in [0.1, 0.15) is 12.8 Å². The average molecular weight is 354 g/mol. The second-order valence-electron chi connectivity index (χ2n) is 5.36. The summed E-state index contributed by atoms with van der Waals surface area (Å²) in [6.07, 6.45) is 3.38. The van der Waals surface area contributed by atoms with Gasteiger partial charge in [0.1, 0.15) is 13.2 Å². The molecule has 0 spiro atoms. The van der Waals surface area contributed by atoms with Crippen molar-refractivity contribution in [3.05, 3.63) is 30.9 Å². The third kappa shape index (κ3) is 4.89. The second kappa shape index (κ2) is 8.05. The van der Waals surface area contributed by atoms with E-state index in [1.165, 1.54) is 4.31 Å². The van der Waals surface area contributed by atoms with Crippen LogP contribution in [0.5, 0.6) is 11.5 Å². The van der Waals surface area contributed by atoms with E-state index in [0.717, 1.165) is 6.26 Å². The lowest BCUT2D eigenvalue weighted by atomic mass is 10.2. The van der Waals surface area contributed by atoms with Gasteiger partial charge in [0.25, 0.3) is 0 Å². The van der Waals surface area contributed by atoms with Gasteiger partial charge in [-0.25, -0.2) is 8.42 Å². The smallest absolute Gasteiger partial charge is 0.232 e. The largest absolute Gasteiger partial charge is 0.486 e. The van der Waals surface area contributed by atoms with E-state index >= 15 is 0 Å². The Morgan fingerprint density at radius 1 is 1.33 bits per heavy atom. The van der Waals surface area contributed by atoms with Crippen LogP contribution >= 0.6 is 0 Å². The Balaban J connectivity index is 2.06. The fourth-order valence-corrected chi connectivity index (χ4v) is 3.29. The molecule has 0 aromatic heterocycles. The summed E-state index contributed by atoms with van der Waals surface area (Å²) < 4.78 is 36.4. The van der Waals surface area contributed by atoms with Crippen LogP contribution in [0, 0.1) is 0 Å². The van der Waals surface area contributed by atoms with E-state index in [1.807, 2.05) is 0 Å². The third-order valence-electron chi connectivity index (χ3n) is 3.42. The molecule has 0 atom stereocenters. The highest BCUT2D eigenvalue weighted by Crippen LogP contribution is 2.34. The van der Waals surface area contributed by atoms with E-state index in [9.17, 15) is 13.2 Å². The lowest BCUT2D eigenvalue weighted by molar-refractivity contribution is -0.120. The zero-order valence-electron chi connectivity index (χ0n) is 13.7. The van der Waals surface area contributed by atoms with Crippen LogP contribution in [-0.4, -0.2) is 46.9 Å². The molecule has 1 aromatic rings. The summed E-state index contributed by atoms with van der Waals surface area (Å²) in [5.41, 5.74) is 0.494. The van der Waals surface area contributed by atoms with Crippen LogP contribution in [0.15, 0.2) is 30.9 Å². The minimum Gasteiger partial charge on any atom is -0.486 e. The molecule has 1 heterocycles. The summed E-state index contributed by atoms with van der Waals surface area (Å²) in [7, 11) is -3.47. The Hall–Kier alpha value is -2.22. The van der Waals surface area contributed by atoms with Crippen molar-refractivity contribution in [3.8, 4) is 11.5 Å². The van der Waals surface area contributed by atoms with Gasteiger partial charge in [-0.05, 0) is 18.6 Å². The Labute approximate surface area is 142 Å². The van der Waals surface area contributed by atoms with Crippen LogP contribution in [0.4, 0.5) is 5.69 Å². The summed E-state index contributed by atoms with van der Waals surface area (Å²) in [5, 5.41) is 2.66. The van der Waals surface area contributed by atoms with Crippen molar-refractivity contribution < 1.29 is 22.7 Å². The maximum Gasteiger partial charge on any atom is 0.232 e. The molecule has 7 nitrogen and oxygen atoms in total. The molecule has 0 unspecified atom stereocenters. The first-order chi connectivity index (χ1) is 11.4. The van der Waals surface area contributed by atoms with E-state index in [2.05, 4.69) is 11.9 Å². The first-order valence-corrected chi connectivity index (χ1v) is 9.51. The first-order valence-electron chi connectivity index (χ1n) is 7.67. The number of hydrogen-bond acceptors (Lipinski definition) is 5. The number of anilines is 1. The molecule has 1 aromatic carbocycles. The van der Waals surface area contributed by atoms with Crippen LogP contribution in [-0.2, 0) is 14.8 Å². The van der Waals surface area contributed by atoms with Crippen molar-refractivity contribution in [2.75, 3.05) is 36.9 Å². The Bertz CT molecular complexity index is 702. The number of ether oxygens (including phenoxy) is 2. The fourth-order valence-electron chi connectivity index (χ4n) is 2.33. The molecule has 1 aliphatic heterocycles. The fraction of sp³-hybridized carbons (Fsp3) is 0.438. The Kier molecular flexibility index (Phi) is 6.08. The van der Waals surface area contributed by atoms with Crippen molar-refractivity contribution in [1.82, 2.24) is 5.32 Å². The molecule has 0 bridgehead atoms. The highest BCUT2D eigenvalue weighted by Gasteiger charge is 2.20. The minimum atomic E-state index is -3.47. The average Bonchev–Trinajstić information content (AvgIpc) is 2.55. The summed E-state index contributed by atoms with van der Waals surface area (Å²) in [5.74, 6) is 0.990. The second-order valence-corrected chi connectivity index (χ2v) is 7.27. The SMILES string of the molecule is C=CCNC(=O)CCCN(c1ccc2c(c1)OCCO2)S(C)(=O)=O. The molecule has 1 aliphatic rings. The van der Waals surface area contributed by atoms with Crippen LogP contribution in [0.2, 0.25) is 0 Å². The number of nitrogens with zero attached hydrogens (tertiary/aromatic N) is 1. The minimum absolute atomic E-state index is 0.134. The molecule has 1 N–H and O–H groups in total. The van der Waals surface area contributed by atoms with E-state index in [1.54, 1.807) is 24.3 Å². The molecule has 2 rings (SSSR count). The molecule has 0 saturated carbocycles. The van der Waals surface area contributed by atoms with Gasteiger partial charge in [-0.2, -0.15) is 0 Å². The van der Waals surface area contributed by atoms with Crippen molar-refractivity contribution >= 4 is 21.6 Å². The molecule has 0 saturated heterocycles. The van der Waals surface area contributed by atoms with Gasteiger partial charge < -0.3 is 14.8 Å². The molecule has 0 aliphatic carbocycles. The van der Waals surface area contributed by atoms with Crippen LogP contribution in [0.3, 0.4) is 0 Å². The van der Waals surface area contributed by atoms with Gasteiger partial charge in [0.2, 0.25) is 15.9 Å². The number of hydrogen-bond donors (Lipinski definition) is 1. The van der Waals surface area contributed by atoms with E-state index in [4.69, 9.17) is 9.47 Å². The number of amides is 1. The van der Waals surface area contributed by atoms with Gasteiger partial charge in [0.05, 0.1) is 11.9 Å². The number of nitrogens with one attached hydrogen (secondary N) is 1. The number of sulfonamides is 1. The van der Waals surface area contributed by atoms with Crippen LogP contribution in [0.25, 0.3) is 0 Å². The van der Waals surface area contributed by atoms with Crippen molar-refractivity contribution in [3.63, 3.8) is 0 Å². The molecule has 24 heavy (non-hydrogen) atoms. The number of carbonyl (C=O) groups is 1. The molecule has 1 amide bonds. The van der Waals surface area contributed by atoms with Gasteiger partial charge >= 0.3 is 0 Å². The Morgan fingerprint density at radius 2 is 2.04 bits per heavy atom. The summed E-state index contributed by atoms with van der Waals surface area (Å²) in [6.45, 7) is 5.04. The predicted octanol–water partition coefficient (Wildman–Crippen LogP) is 1.31. The normalized spacial score (nSPS) is 13.2. The zero-order valence-corrected chi connectivity index (χ0v) is 14.5. The maximum atomic E-state index is 12.1. The number of rotatable bonds is 8. The van der Waals surface area contributed by atoms with Gasteiger partial charge in [-0.3, -0.25) is 9.10 Å². The molecule has 132 valence electrons. The standard InChI is InChI=1S/C16H22N2O5S/c1-3-8-17-16(19)5-4-9-18(24(2,20)21)13-6-7-14-15(12-13)23-11-10-22-14/h3,6-7,12H,1,4-5,8-11H2,2H3,(H,17,19). The molecular formula is C16H22N2O5S. The van der Waals surface area contributed by atoms with Gasteiger partial charge in [0, 0.05) is 25.6 Å². The third-order valence-corrected chi connectivity index (χ3v) is 4.62. The van der Waals surface area contributed by atoms with E-state index in [0.29, 0.717) is 43.4 Å². The topological polar surface area (TPSA) is 84.9 Å². The van der Waals surface area contributed by atoms with Gasteiger partial charge in [0.15, 0.2) is 11.5 Å². The summed E-state index contributed by atoms with van der Waals surface area (Å²) >= 11 is 0. The number of carbonyl (C=O) groups excluding carboxylic acids is 1. The summed E-state index contributed by atoms with van der Waals surface area (Å²) in [4.78, 5) is 11.6. The van der Waals surface area contributed by atoms with Crippen LogP contribution < -0.4 is 19.1 Å². The molecule has 0 radical (unpaired) electrons. The van der Waals surface area contributed by atoms with Gasteiger partial charge in [-0.15, -0.1) is 6.58 Å². The van der Waals surface area contributed by atoms with E-state index in [-0.39, 0.29) is 18.9 Å². The lowest BCUT2D eigenvalue weighted by Crippen LogP contribution is -2.32. The van der Waals surface area contributed by atoms with Crippen molar-refractivity contribution in [1.29, 1.82) is 0 Å². The zero-order chi connectivity index (χ0) is 17.6. The molecule has 8 heteroatoms. The first kappa shape index (κ1) is 18.1. The highest BCUT2D eigenvalue weighted by atomic mass is 32.2. The number of benzene rings is 1. The van der Waals surface area contributed by atoms with Crippen molar-refractivity contribution in [2.45, 2.75) is 12.8 Å². The Morgan fingerprint density at radius 3 is 2.71 bits per heavy atom. The molecular weight excluding hydrogens is 332 g/mol. The lowest BCUT2D eigenvalue weighted by Gasteiger charge is -2.25. The monoisotopic (exact) mass is 354 g/mol. The van der Waals surface area contributed by atoms with E-state index < -0.39 is 10.0 Å². The summed E-state index contributed by atoms with van der Waals surface area (Å²) in [6, 6.07) is 5.01. The van der Waals surface area contributed by atoms with Crippen molar-refractivity contribution in [2.24, 2.45) is 0 Å². The maximum absolute atomic E-state index is 12.1. The van der Waals surface area contributed by atoms with Gasteiger partial charge in [-0.1, -0.05) is 6.08 Å².